The van der Waals surface area contributed by atoms with Gasteiger partial charge in [0.1, 0.15) is 34.2 Å². The van der Waals surface area contributed by atoms with E-state index < -0.39 is 90.4 Å². The van der Waals surface area contributed by atoms with Gasteiger partial charge < -0.3 is 25.7 Å². The Kier molecular flexibility index (Phi) is 7.91. The summed E-state index contributed by atoms with van der Waals surface area (Å²) >= 11 is 0. The number of nitrogens with two attached hydrogens (primary N) is 1. The summed E-state index contributed by atoms with van der Waals surface area (Å²) in [6.07, 6.45) is 0.588. The molecule has 4 aromatic rings. The summed E-state index contributed by atoms with van der Waals surface area (Å²) < 4.78 is 90.2. The Bertz CT molecular complexity index is 1730. The van der Waals surface area contributed by atoms with Gasteiger partial charge in [0.2, 0.25) is 5.88 Å². The average molecular weight is 580 g/mol. The van der Waals surface area contributed by atoms with Crippen molar-refractivity contribution in [3.8, 4) is 17.0 Å². The van der Waals surface area contributed by atoms with Gasteiger partial charge in [-0.1, -0.05) is 12.1 Å². The molecular formula is C25H21F4N5O5S. The lowest BCUT2D eigenvalue weighted by molar-refractivity contribution is 0.0926. The quantitative estimate of drug-likeness (QED) is 0.114. The van der Waals surface area contributed by atoms with Crippen LogP contribution in [0.5, 0.6) is 5.88 Å². The number of hydrogen-bond donors (Lipinski definition) is 5. The summed E-state index contributed by atoms with van der Waals surface area (Å²) in [5.74, 6) is -6.53. The third kappa shape index (κ3) is 5.25. The lowest BCUT2D eigenvalue weighted by atomic mass is 9.97. The molecule has 0 bridgehead atoms. The minimum Gasteiger partial charge on any atom is -0.480 e. The van der Waals surface area contributed by atoms with Crippen molar-refractivity contribution >= 4 is 21.2 Å². The topological polar surface area (TPSA) is 175 Å². The van der Waals surface area contributed by atoms with Crippen molar-refractivity contribution in [3.05, 3.63) is 88.6 Å². The van der Waals surface area contributed by atoms with Gasteiger partial charge in [0.15, 0.2) is 21.5 Å². The highest BCUT2D eigenvalue weighted by molar-refractivity contribution is 7.90. The van der Waals surface area contributed by atoms with E-state index in [-0.39, 0.29) is 17.1 Å². The van der Waals surface area contributed by atoms with Crippen LogP contribution in [-0.2, 0) is 15.6 Å². The summed E-state index contributed by atoms with van der Waals surface area (Å²) in [7, 11) is -3.36. The third-order valence-corrected chi connectivity index (χ3v) is 7.57. The van der Waals surface area contributed by atoms with Crippen LogP contribution in [0.25, 0.3) is 11.1 Å². The number of imidazole rings is 1. The molecule has 40 heavy (non-hydrogen) atoms. The number of nitrogens with one attached hydrogen (secondary N) is 2. The van der Waals surface area contributed by atoms with Gasteiger partial charge in [-0.3, -0.25) is 5.41 Å². The van der Waals surface area contributed by atoms with E-state index in [9.17, 15) is 22.3 Å². The standard InChI is InChI=1S/C25H21F4N5O5S/c1-39-25-18(6-12(26)7-33-25)40(37,38)10-11-2-5-15(27)19(20(11)28)13-3-4-14(22(30)21(13)29)23(31)24-32-8-16(34-24)17(36)9-35/h2-8,17,31,35-36H,9-10,30H2,1H3,(H,32,34). The number of hydrogen-bond acceptors (Lipinski definition) is 9. The van der Waals surface area contributed by atoms with Crippen LogP contribution in [0.1, 0.15) is 28.7 Å². The van der Waals surface area contributed by atoms with Crippen molar-refractivity contribution in [2.24, 2.45) is 0 Å². The molecule has 210 valence electrons. The number of nitrogens with zero attached hydrogens (tertiary/aromatic N) is 2. The molecule has 0 aliphatic rings. The first-order valence-electron chi connectivity index (χ1n) is 11.3. The molecule has 0 aliphatic heterocycles. The van der Waals surface area contributed by atoms with Crippen LogP contribution < -0.4 is 10.5 Å². The lowest BCUT2D eigenvalue weighted by Gasteiger charge is -2.15. The summed E-state index contributed by atoms with van der Waals surface area (Å²) in [5, 5.41) is 27.0. The van der Waals surface area contributed by atoms with Crippen molar-refractivity contribution in [1.29, 1.82) is 5.41 Å². The molecule has 2 heterocycles. The zero-order chi connectivity index (χ0) is 29.4. The van der Waals surface area contributed by atoms with Crippen LogP contribution in [0.4, 0.5) is 23.2 Å². The molecular weight excluding hydrogens is 558 g/mol. The molecule has 0 radical (unpaired) electrons. The van der Waals surface area contributed by atoms with Crippen LogP contribution in [-0.4, -0.2) is 53.0 Å². The first kappa shape index (κ1) is 28.7. The molecule has 0 aliphatic carbocycles. The van der Waals surface area contributed by atoms with Crippen LogP contribution in [0.3, 0.4) is 0 Å². The van der Waals surface area contributed by atoms with Gasteiger partial charge in [-0.15, -0.1) is 0 Å². The number of sulfone groups is 1. The molecule has 6 N–H and O–H groups in total. The fraction of sp³-hybridized carbons (Fsp3) is 0.160. The van der Waals surface area contributed by atoms with Crippen LogP contribution in [0.2, 0.25) is 0 Å². The van der Waals surface area contributed by atoms with E-state index in [1.165, 1.54) is 0 Å². The Hall–Kier alpha value is -4.34. The van der Waals surface area contributed by atoms with E-state index in [0.717, 1.165) is 43.8 Å². The number of rotatable bonds is 9. The summed E-state index contributed by atoms with van der Waals surface area (Å²) in [6, 6.07) is 4.32. The van der Waals surface area contributed by atoms with E-state index in [1.807, 2.05) is 0 Å². The number of aromatic nitrogens is 3. The van der Waals surface area contributed by atoms with Crippen molar-refractivity contribution in [3.63, 3.8) is 0 Å². The maximum Gasteiger partial charge on any atom is 0.232 e. The minimum absolute atomic E-state index is 0.0838. The fourth-order valence-electron chi connectivity index (χ4n) is 3.88. The predicted octanol–water partition coefficient (Wildman–Crippen LogP) is 3.03. The van der Waals surface area contributed by atoms with Gasteiger partial charge in [0.25, 0.3) is 0 Å². The van der Waals surface area contributed by atoms with Gasteiger partial charge in [0.05, 0.1) is 48.8 Å². The molecule has 0 spiro atoms. The maximum absolute atomic E-state index is 15.5. The van der Waals surface area contributed by atoms with E-state index in [0.29, 0.717) is 6.07 Å². The number of anilines is 1. The molecule has 2 aromatic carbocycles. The smallest absolute Gasteiger partial charge is 0.232 e. The first-order chi connectivity index (χ1) is 18.9. The van der Waals surface area contributed by atoms with Gasteiger partial charge in [0, 0.05) is 16.7 Å². The van der Waals surface area contributed by atoms with Gasteiger partial charge >= 0.3 is 0 Å². The maximum atomic E-state index is 15.5. The fourth-order valence-corrected chi connectivity index (χ4v) is 5.36. The number of ether oxygens (including phenoxy) is 1. The molecule has 0 saturated carbocycles. The van der Waals surface area contributed by atoms with Crippen molar-refractivity contribution in [2.45, 2.75) is 16.8 Å². The Morgan fingerprint density at radius 1 is 1.12 bits per heavy atom. The van der Waals surface area contributed by atoms with Crippen molar-refractivity contribution in [1.82, 2.24) is 15.0 Å². The minimum atomic E-state index is -4.47. The Balaban J connectivity index is 1.73. The normalized spacial score (nSPS) is 12.4. The number of aliphatic hydroxyl groups is 2. The molecule has 0 amide bonds. The van der Waals surface area contributed by atoms with Crippen molar-refractivity contribution in [2.75, 3.05) is 19.5 Å². The SMILES string of the molecule is COc1ncc(F)cc1S(=O)(=O)Cc1ccc(F)c(-c2ccc(C(=N)c3ncc(C(O)CO)[nH]3)c(N)c2F)c1F. The van der Waals surface area contributed by atoms with Crippen LogP contribution >= 0.6 is 0 Å². The molecule has 15 heteroatoms. The number of nitrogen functional groups attached to an aromatic ring is 1. The summed E-state index contributed by atoms with van der Waals surface area (Å²) in [5.41, 5.74) is 2.56. The van der Waals surface area contributed by atoms with E-state index >= 15 is 8.78 Å². The largest absolute Gasteiger partial charge is 0.480 e. The van der Waals surface area contributed by atoms with Gasteiger partial charge in [-0.2, -0.15) is 0 Å². The number of H-pyrrole nitrogens is 1. The molecule has 4 rings (SSSR count). The molecule has 2 aromatic heterocycles. The highest BCUT2D eigenvalue weighted by atomic mass is 32.2. The number of benzene rings is 2. The van der Waals surface area contributed by atoms with Crippen molar-refractivity contribution < 1.29 is 40.9 Å². The third-order valence-electron chi connectivity index (χ3n) is 5.91. The number of methoxy groups -OCH3 is 1. The number of aliphatic hydroxyl groups excluding tert-OH is 2. The second-order valence-corrected chi connectivity index (χ2v) is 10.4. The second-order valence-electron chi connectivity index (χ2n) is 8.46. The number of aromatic amines is 1. The summed E-state index contributed by atoms with van der Waals surface area (Å²) in [6.45, 7) is -0.620. The Morgan fingerprint density at radius 3 is 2.52 bits per heavy atom. The first-order valence-corrected chi connectivity index (χ1v) is 12.9. The molecule has 1 unspecified atom stereocenters. The monoisotopic (exact) mass is 579 g/mol. The van der Waals surface area contributed by atoms with Gasteiger partial charge in [-0.05, 0) is 18.2 Å². The van der Waals surface area contributed by atoms with E-state index in [1.54, 1.807) is 0 Å². The lowest BCUT2D eigenvalue weighted by Crippen LogP contribution is -2.12. The highest BCUT2D eigenvalue weighted by Crippen LogP contribution is 2.36. The molecule has 1 atom stereocenters. The average Bonchev–Trinajstić information content (AvgIpc) is 3.42. The Labute approximate surface area is 224 Å². The molecule has 0 saturated heterocycles. The number of halogens is 4. The molecule has 0 fully saturated rings. The molecule has 10 nitrogen and oxygen atoms in total. The second kappa shape index (κ2) is 11.0. The van der Waals surface area contributed by atoms with Crippen LogP contribution in [0, 0.1) is 28.7 Å². The predicted molar refractivity (Wildman–Crippen MR) is 134 cm³/mol. The zero-order valence-corrected chi connectivity index (χ0v) is 21.4. The summed E-state index contributed by atoms with van der Waals surface area (Å²) in [4.78, 5) is 9.36. The highest BCUT2D eigenvalue weighted by Gasteiger charge is 2.28. The van der Waals surface area contributed by atoms with Crippen LogP contribution in [0.15, 0.2) is 47.6 Å². The number of pyridine rings is 1. The zero-order valence-electron chi connectivity index (χ0n) is 20.5. The Morgan fingerprint density at radius 2 is 1.85 bits per heavy atom. The van der Waals surface area contributed by atoms with E-state index in [4.69, 9.17) is 21.0 Å². The van der Waals surface area contributed by atoms with Gasteiger partial charge in [-0.25, -0.2) is 35.9 Å². The van der Waals surface area contributed by atoms with E-state index in [2.05, 4.69) is 15.0 Å².